The first-order valence-electron chi connectivity index (χ1n) is 7.20. The molecule has 0 fully saturated rings. The van der Waals surface area contributed by atoms with Crippen LogP contribution in [0, 0.1) is 11.3 Å². The summed E-state index contributed by atoms with van der Waals surface area (Å²) in [6.45, 7) is 6.77. The van der Waals surface area contributed by atoms with Crippen molar-refractivity contribution in [1.82, 2.24) is 0 Å². The van der Waals surface area contributed by atoms with Crippen molar-refractivity contribution in [2.24, 2.45) is 5.92 Å². The molecule has 1 rings (SSSR count). The topological polar surface area (TPSA) is 35.9 Å². The maximum atomic E-state index is 7.79. The molecule has 2 N–H and O–H groups in total. The van der Waals surface area contributed by atoms with Crippen LogP contribution in [0.3, 0.4) is 0 Å². The summed E-state index contributed by atoms with van der Waals surface area (Å²) in [5.74, 6) is 0.643. The van der Waals surface area contributed by atoms with Gasteiger partial charge in [-0.1, -0.05) is 58.2 Å². The van der Waals surface area contributed by atoms with E-state index in [1.807, 2.05) is 18.2 Å². The molecule has 0 aliphatic heterocycles. The number of unbranched alkanes of at least 4 members (excludes halogenated alkanes) is 1. The lowest BCUT2D eigenvalue weighted by Gasteiger charge is -2.26. The highest BCUT2D eigenvalue weighted by Crippen LogP contribution is 2.24. The zero-order valence-electron chi connectivity index (χ0n) is 12.2. The van der Waals surface area contributed by atoms with Gasteiger partial charge in [-0.2, -0.15) is 0 Å². The highest BCUT2D eigenvalue weighted by Gasteiger charge is 2.16. The maximum Gasteiger partial charge on any atom is 0.106 e. The molecule has 0 heterocycles. The Morgan fingerprint density at radius 1 is 1.32 bits per heavy atom. The smallest absolute Gasteiger partial charge is 0.106 e. The molecule has 2 atom stereocenters. The number of anilines is 1. The molecule has 0 saturated carbocycles. The van der Waals surface area contributed by atoms with E-state index in [4.69, 9.17) is 5.41 Å². The van der Waals surface area contributed by atoms with Crippen molar-refractivity contribution >= 4 is 26.2 Å². The fourth-order valence-electron chi connectivity index (χ4n) is 2.21. The van der Waals surface area contributed by atoms with Crippen LogP contribution in [0.25, 0.3) is 0 Å². The molecule has 0 radical (unpaired) electrons. The predicted molar refractivity (Wildman–Crippen MR) is 88.6 cm³/mol. The first-order chi connectivity index (χ1) is 9.10. The van der Waals surface area contributed by atoms with Gasteiger partial charge in [-0.05, 0) is 34.3 Å². The minimum atomic E-state index is 0.439. The Morgan fingerprint density at radius 3 is 2.58 bits per heavy atom. The fraction of sp³-hybridized carbons (Fsp3) is 0.562. The van der Waals surface area contributed by atoms with E-state index in [0.717, 1.165) is 11.3 Å². The van der Waals surface area contributed by atoms with Crippen molar-refractivity contribution in [3.05, 3.63) is 29.8 Å². The van der Waals surface area contributed by atoms with Crippen LogP contribution >= 0.6 is 15.9 Å². The van der Waals surface area contributed by atoms with Crippen LogP contribution in [0.5, 0.6) is 0 Å². The predicted octanol–water partition coefficient (Wildman–Crippen LogP) is 5.42. The van der Waals surface area contributed by atoms with Gasteiger partial charge >= 0.3 is 0 Å². The number of rotatable bonds is 8. The maximum absolute atomic E-state index is 7.79. The lowest BCUT2D eigenvalue weighted by Crippen LogP contribution is -2.27. The van der Waals surface area contributed by atoms with Crippen molar-refractivity contribution in [1.29, 1.82) is 5.41 Å². The minimum Gasteiger partial charge on any atom is -0.381 e. The summed E-state index contributed by atoms with van der Waals surface area (Å²) in [5, 5.41) is 11.4. The van der Waals surface area contributed by atoms with Gasteiger partial charge in [0.2, 0.25) is 0 Å². The average Bonchev–Trinajstić information content (AvgIpc) is 2.42. The highest BCUT2D eigenvalue weighted by molar-refractivity contribution is 9.18. The van der Waals surface area contributed by atoms with Gasteiger partial charge in [0.1, 0.15) is 4.62 Å². The number of hydrogen-bond acceptors (Lipinski definition) is 2. The fourth-order valence-corrected chi connectivity index (χ4v) is 2.55. The Bertz CT molecular complexity index is 403. The van der Waals surface area contributed by atoms with Crippen LogP contribution in [-0.4, -0.2) is 10.7 Å². The molecule has 1 aromatic carbocycles. The van der Waals surface area contributed by atoms with Crippen molar-refractivity contribution in [2.45, 2.75) is 52.5 Å². The molecule has 0 aliphatic carbocycles. The van der Waals surface area contributed by atoms with Crippen LogP contribution in [0.4, 0.5) is 5.69 Å². The van der Waals surface area contributed by atoms with Crippen LogP contribution in [0.15, 0.2) is 24.3 Å². The quantitative estimate of drug-likeness (QED) is 0.615. The molecule has 0 bridgehead atoms. The molecular weight excluding hydrogens is 300 g/mol. The summed E-state index contributed by atoms with van der Waals surface area (Å²) >= 11 is 3.27. The molecule has 0 spiro atoms. The highest BCUT2D eigenvalue weighted by atomic mass is 79.9. The zero-order valence-corrected chi connectivity index (χ0v) is 13.8. The Balaban J connectivity index is 2.86. The normalized spacial score (nSPS) is 13.9. The molecular formula is C16H25BrN2. The van der Waals surface area contributed by atoms with Crippen molar-refractivity contribution in [2.75, 3.05) is 5.32 Å². The molecule has 3 heteroatoms. The summed E-state index contributed by atoms with van der Waals surface area (Å²) in [6, 6.07) is 8.52. The molecule has 2 nitrogen and oxygen atoms in total. The lowest BCUT2D eigenvalue weighted by molar-refractivity contribution is 0.434. The molecule has 0 amide bonds. The summed E-state index contributed by atoms with van der Waals surface area (Å²) in [4.78, 5) is 0. The Kier molecular flexibility index (Phi) is 7.14. The monoisotopic (exact) mass is 324 g/mol. The van der Waals surface area contributed by atoms with Crippen molar-refractivity contribution in [3.63, 3.8) is 0 Å². The van der Waals surface area contributed by atoms with E-state index >= 15 is 0 Å². The van der Waals surface area contributed by atoms with Gasteiger partial charge in [0, 0.05) is 17.3 Å². The Labute approximate surface area is 125 Å². The Morgan fingerprint density at radius 2 is 2.00 bits per heavy atom. The molecule has 106 valence electrons. The van der Waals surface area contributed by atoms with Gasteiger partial charge < -0.3 is 5.32 Å². The van der Waals surface area contributed by atoms with Gasteiger partial charge in [0.05, 0.1) is 0 Å². The number of benzene rings is 1. The Hall–Kier alpha value is -0.830. The van der Waals surface area contributed by atoms with E-state index in [-0.39, 0.29) is 0 Å². The first kappa shape index (κ1) is 16.2. The third kappa shape index (κ3) is 4.98. The molecule has 2 unspecified atom stereocenters. The van der Waals surface area contributed by atoms with E-state index < -0.39 is 0 Å². The van der Waals surface area contributed by atoms with Crippen molar-refractivity contribution in [3.8, 4) is 0 Å². The lowest BCUT2D eigenvalue weighted by atomic mass is 9.94. The second-order valence-electron chi connectivity index (χ2n) is 5.14. The summed E-state index contributed by atoms with van der Waals surface area (Å²) < 4.78 is 0.439. The summed E-state index contributed by atoms with van der Waals surface area (Å²) in [6.07, 6.45) is 4.84. The van der Waals surface area contributed by atoms with Gasteiger partial charge in [-0.25, -0.2) is 0 Å². The third-order valence-corrected chi connectivity index (χ3v) is 4.13. The zero-order chi connectivity index (χ0) is 14.3. The van der Waals surface area contributed by atoms with Crippen molar-refractivity contribution < 1.29 is 0 Å². The van der Waals surface area contributed by atoms with Crippen LogP contribution in [0.1, 0.15) is 52.0 Å². The third-order valence-electron chi connectivity index (χ3n) is 3.70. The number of para-hydroxylation sites is 1. The molecule has 0 aromatic heterocycles. The van der Waals surface area contributed by atoms with Gasteiger partial charge in [-0.3, -0.25) is 5.41 Å². The van der Waals surface area contributed by atoms with E-state index in [1.54, 1.807) is 0 Å². The van der Waals surface area contributed by atoms with Gasteiger partial charge in [0.25, 0.3) is 0 Å². The first-order valence-corrected chi connectivity index (χ1v) is 7.99. The summed E-state index contributed by atoms with van der Waals surface area (Å²) in [7, 11) is 0. The van der Waals surface area contributed by atoms with Crippen LogP contribution < -0.4 is 5.32 Å². The van der Waals surface area contributed by atoms with E-state index in [9.17, 15) is 0 Å². The standard InChI is InChI=1S/C16H25BrN2/c1-4-6-10-14(12(3)5-2)19-15-11-8-7-9-13(15)16(17)18/h7-9,11-12,14,18-19H,4-6,10H2,1-3H3. The number of hydrogen-bond donors (Lipinski definition) is 2. The molecule has 19 heavy (non-hydrogen) atoms. The average molecular weight is 325 g/mol. The summed E-state index contributed by atoms with van der Waals surface area (Å²) in [5.41, 5.74) is 2.00. The van der Waals surface area contributed by atoms with Crippen LogP contribution in [0.2, 0.25) is 0 Å². The molecule has 0 aliphatic rings. The SMILES string of the molecule is CCCCC(Nc1ccccc1C(=N)Br)C(C)CC. The number of halogens is 1. The van der Waals surface area contributed by atoms with Gasteiger partial charge in [-0.15, -0.1) is 0 Å². The van der Waals surface area contributed by atoms with Gasteiger partial charge in [0.15, 0.2) is 0 Å². The minimum absolute atomic E-state index is 0.439. The molecule has 1 aromatic rings. The number of nitrogens with one attached hydrogen (secondary N) is 2. The second kappa shape index (κ2) is 8.36. The van der Waals surface area contributed by atoms with Crippen LogP contribution in [-0.2, 0) is 0 Å². The second-order valence-corrected chi connectivity index (χ2v) is 5.93. The molecule has 0 saturated heterocycles. The largest absolute Gasteiger partial charge is 0.381 e. The van der Waals surface area contributed by atoms with E-state index in [2.05, 4.69) is 48.1 Å². The van der Waals surface area contributed by atoms with E-state index in [1.165, 1.54) is 25.7 Å². The van der Waals surface area contributed by atoms with E-state index in [0.29, 0.717) is 16.6 Å².